The second kappa shape index (κ2) is 8.03. The molecule has 2 aromatic carbocycles. The summed E-state index contributed by atoms with van der Waals surface area (Å²) >= 11 is 0. The molecule has 1 heterocycles. The third kappa shape index (κ3) is 4.62. The van der Waals surface area contributed by atoms with E-state index in [-0.39, 0.29) is 4.90 Å². The van der Waals surface area contributed by atoms with E-state index < -0.39 is 34.4 Å². The zero-order valence-corrected chi connectivity index (χ0v) is 15.3. The Kier molecular flexibility index (Phi) is 5.73. The number of benzene rings is 2. The molecule has 0 bridgehead atoms. The number of rotatable bonds is 6. The average molecular weight is 392 g/mol. The molecule has 0 radical (unpaired) electrons. The first-order chi connectivity index (χ1) is 12.9. The van der Waals surface area contributed by atoms with E-state index in [1.807, 2.05) is 12.1 Å². The first-order valence-corrected chi connectivity index (χ1v) is 9.94. The summed E-state index contributed by atoms with van der Waals surface area (Å²) in [6.45, 7) is 1.27. The summed E-state index contributed by atoms with van der Waals surface area (Å²) in [7, 11) is -4.07. The highest BCUT2D eigenvalue weighted by Gasteiger charge is 2.32. The van der Waals surface area contributed by atoms with Gasteiger partial charge in [0.05, 0.1) is 24.5 Å². The second-order valence-electron chi connectivity index (χ2n) is 6.22. The summed E-state index contributed by atoms with van der Waals surface area (Å²) in [6, 6.07) is 10.5. The Morgan fingerprint density at radius 2 is 1.78 bits per heavy atom. The molecule has 8 nitrogen and oxygen atoms in total. The van der Waals surface area contributed by atoms with E-state index in [2.05, 4.69) is 4.72 Å². The van der Waals surface area contributed by atoms with Crippen LogP contribution in [0.1, 0.15) is 6.42 Å². The molecule has 2 aromatic rings. The number of carbonyl (C=O) groups is 2. The van der Waals surface area contributed by atoms with Crippen molar-refractivity contribution in [2.24, 2.45) is 0 Å². The van der Waals surface area contributed by atoms with Gasteiger partial charge in [0.1, 0.15) is 6.04 Å². The van der Waals surface area contributed by atoms with Crippen molar-refractivity contribution >= 4 is 32.7 Å². The van der Waals surface area contributed by atoms with Gasteiger partial charge in [-0.2, -0.15) is 4.72 Å². The minimum Gasteiger partial charge on any atom is -0.481 e. The molecule has 1 atom stereocenters. The highest BCUT2D eigenvalue weighted by Crippen LogP contribution is 2.19. The van der Waals surface area contributed by atoms with E-state index >= 15 is 0 Å². The van der Waals surface area contributed by atoms with Crippen LogP contribution in [0.25, 0.3) is 10.8 Å². The van der Waals surface area contributed by atoms with Crippen LogP contribution in [-0.4, -0.2) is 62.6 Å². The largest absolute Gasteiger partial charge is 0.481 e. The van der Waals surface area contributed by atoms with Crippen molar-refractivity contribution in [3.05, 3.63) is 42.5 Å². The molecule has 27 heavy (non-hydrogen) atoms. The number of morpholine rings is 1. The Hall–Kier alpha value is -2.49. The Labute approximate surface area is 156 Å². The smallest absolute Gasteiger partial charge is 0.305 e. The average Bonchev–Trinajstić information content (AvgIpc) is 2.66. The van der Waals surface area contributed by atoms with Crippen molar-refractivity contribution in [3.8, 4) is 0 Å². The molecule has 2 N–H and O–H groups in total. The predicted octanol–water partition coefficient (Wildman–Crippen LogP) is 0.820. The van der Waals surface area contributed by atoms with E-state index in [1.165, 1.54) is 17.0 Å². The lowest BCUT2D eigenvalue weighted by Crippen LogP contribution is -2.52. The molecule has 0 spiro atoms. The number of carboxylic acids is 1. The van der Waals surface area contributed by atoms with Gasteiger partial charge in [0.25, 0.3) is 0 Å². The fourth-order valence-corrected chi connectivity index (χ4v) is 4.17. The number of hydrogen-bond donors (Lipinski definition) is 2. The van der Waals surface area contributed by atoms with Crippen LogP contribution in [0, 0.1) is 0 Å². The van der Waals surface area contributed by atoms with Gasteiger partial charge in [0.15, 0.2) is 0 Å². The van der Waals surface area contributed by atoms with Gasteiger partial charge in [-0.1, -0.05) is 30.3 Å². The Balaban J connectivity index is 1.85. The number of fused-ring (bicyclic) bond motifs is 1. The van der Waals surface area contributed by atoms with Crippen LogP contribution in [0.2, 0.25) is 0 Å². The highest BCUT2D eigenvalue weighted by atomic mass is 32.2. The zero-order chi connectivity index (χ0) is 19.4. The quantitative estimate of drug-likeness (QED) is 0.753. The fourth-order valence-electron chi connectivity index (χ4n) is 2.95. The number of nitrogens with zero attached hydrogens (tertiary/aromatic N) is 1. The normalized spacial score (nSPS) is 16.2. The Morgan fingerprint density at radius 3 is 2.44 bits per heavy atom. The summed E-state index contributed by atoms with van der Waals surface area (Å²) in [4.78, 5) is 25.2. The summed E-state index contributed by atoms with van der Waals surface area (Å²) in [6.07, 6.45) is -0.636. The predicted molar refractivity (Wildman–Crippen MR) is 97.7 cm³/mol. The van der Waals surface area contributed by atoms with Crippen molar-refractivity contribution in [1.82, 2.24) is 9.62 Å². The number of amides is 1. The van der Waals surface area contributed by atoms with Crippen molar-refractivity contribution in [3.63, 3.8) is 0 Å². The minimum atomic E-state index is -4.07. The van der Waals surface area contributed by atoms with E-state index in [9.17, 15) is 18.0 Å². The molecule has 0 unspecified atom stereocenters. The van der Waals surface area contributed by atoms with Crippen LogP contribution in [-0.2, 0) is 24.3 Å². The lowest BCUT2D eigenvalue weighted by atomic mass is 10.1. The molecule has 1 saturated heterocycles. The van der Waals surface area contributed by atoms with Gasteiger partial charge in [-0.05, 0) is 22.9 Å². The minimum absolute atomic E-state index is 0.0219. The van der Waals surface area contributed by atoms with Crippen molar-refractivity contribution in [2.75, 3.05) is 26.3 Å². The van der Waals surface area contributed by atoms with Crippen LogP contribution < -0.4 is 4.72 Å². The number of aliphatic carboxylic acids is 1. The van der Waals surface area contributed by atoms with Crippen molar-refractivity contribution < 1.29 is 27.9 Å². The molecule has 144 valence electrons. The topological polar surface area (TPSA) is 113 Å². The molecule has 0 saturated carbocycles. The SMILES string of the molecule is O=C(O)C[C@H](NS(=O)(=O)c1ccc2ccccc2c1)C(=O)N1CCOCC1. The van der Waals surface area contributed by atoms with Crippen molar-refractivity contribution in [1.29, 1.82) is 0 Å². The molecule has 1 amide bonds. The lowest BCUT2D eigenvalue weighted by Gasteiger charge is -2.30. The van der Waals surface area contributed by atoms with Crippen LogP contribution in [0.15, 0.2) is 47.4 Å². The van der Waals surface area contributed by atoms with Gasteiger partial charge in [-0.3, -0.25) is 9.59 Å². The third-order valence-electron chi connectivity index (χ3n) is 4.33. The second-order valence-corrected chi connectivity index (χ2v) is 7.93. The molecule has 0 aromatic heterocycles. The maximum absolute atomic E-state index is 12.8. The van der Waals surface area contributed by atoms with E-state index in [4.69, 9.17) is 9.84 Å². The Bertz CT molecular complexity index is 953. The maximum atomic E-state index is 12.8. The molecular formula is C18H20N2O6S. The standard InChI is InChI=1S/C18H20N2O6S/c21-17(22)12-16(18(23)20-7-9-26-10-8-20)19-27(24,25)15-6-5-13-3-1-2-4-14(13)11-15/h1-6,11,16,19H,7-10,12H2,(H,21,22)/t16-/m0/s1. The monoisotopic (exact) mass is 392 g/mol. The van der Waals surface area contributed by atoms with Crippen molar-refractivity contribution in [2.45, 2.75) is 17.4 Å². The molecule has 1 aliphatic heterocycles. The van der Waals surface area contributed by atoms with Crippen LogP contribution in [0.5, 0.6) is 0 Å². The number of hydrogen-bond acceptors (Lipinski definition) is 5. The molecule has 1 fully saturated rings. The zero-order valence-electron chi connectivity index (χ0n) is 14.5. The van der Waals surface area contributed by atoms with Gasteiger partial charge in [-0.25, -0.2) is 8.42 Å². The number of ether oxygens (including phenoxy) is 1. The maximum Gasteiger partial charge on any atom is 0.305 e. The number of carbonyl (C=O) groups excluding carboxylic acids is 1. The molecule has 1 aliphatic rings. The lowest BCUT2D eigenvalue weighted by molar-refractivity contribution is -0.144. The first kappa shape index (κ1) is 19.3. The van der Waals surface area contributed by atoms with Crippen LogP contribution >= 0.6 is 0 Å². The van der Waals surface area contributed by atoms with Gasteiger partial charge in [0, 0.05) is 13.1 Å². The van der Waals surface area contributed by atoms with Gasteiger partial charge >= 0.3 is 5.97 Å². The Morgan fingerprint density at radius 1 is 1.11 bits per heavy atom. The molecule has 9 heteroatoms. The first-order valence-electron chi connectivity index (χ1n) is 8.46. The van der Waals surface area contributed by atoms with E-state index in [0.717, 1.165) is 10.8 Å². The summed E-state index contributed by atoms with van der Waals surface area (Å²) in [5.74, 6) is -1.83. The summed E-state index contributed by atoms with van der Waals surface area (Å²) < 4.78 is 32.9. The third-order valence-corrected chi connectivity index (χ3v) is 5.80. The molecule has 0 aliphatic carbocycles. The van der Waals surface area contributed by atoms with Crippen LogP contribution in [0.4, 0.5) is 0 Å². The van der Waals surface area contributed by atoms with Gasteiger partial charge < -0.3 is 14.7 Å². The van der Waals surface area contributed by atoms with E-state index in [1.54, 1.807) is 18.2 Å². The summed E-state index contributed by atoms with van der Waals surface area (Å²) in [5, 5.41) is 10.7. The number of sulfonamides is 1. The van der Waals surface area contributed by atoms with E-state index in [0.29, 0.717) is 26.3 Å². The van der Waals surface area contributed by atoms with Crippen LogP contribution in [0.3, 0.4) is 0 Å². The van der Waals surface area contributed by atoms with Gasteiger partial charge in [0.2, 0.25) is 15.9 Å². The summed E-state index contributed by atoms with van der Waals surface area (Å²) in [5.41, 5.74) is 0. The molecular weight excluding hydrogens is 372 g/mol. The fraction of sp³-hybridized carbons (Fsp3) is 0.333. The van der Waals surface area contributed by atoms with Gasteiger partial charge in [-0.15, -0.1) is 0 Å². The number of nitrogens with one attached hydrogen (secondary N) is 1. The number of carboxylic acid groups (broad SMARTS) is 1. The molecule has 3 rings (SSSR count). The highest BCUT2D eigenvalue weighted by molar-refractivity contribution is 7.89.